The van der Waals surface area contributed by atoms with Crippen LogP contribution in [0.5, 0.6) is 0 Å². The fourth-order valence-electron chi connectivity index (χ4n) is 4.40. The zero-order valence-electron chi connectivity index (χ0n) is 19.5. The van der Waals surface area contributed by atoms with Gasteiger partial charge in [0.15, 0.2) is 18.9 Å². The third kappa shape index (κ3) is 5.97. The summed E-state index contributed by atoms with van der Waals surface area (Å²) in [6, 6.07) is -1.42. The predicted molar refractivity (Wildman–Crippen MR) is 111 cm³/mol. The van der Waals surface area contributed by atoms with Crippen LogP contribution in [0.3, 0.4) is 0 Å². The van der Waals surface area contributed by atoms with Gasteiger partial charge in [0.1, 0.15) is 67.1 Å². The zero-order valence-corrected chi connectivity index (χ0v) is 19.5. The molecule has 3 aliphatic rings. The zero-order chi connectivity index (χ0) is 26.9. The number of ether oxygens (including phenoxy) is 5. The van der Waals surface area contributed by atoms with E-state index in [1.54, 1.807) is 0 Å². The first-order chi connectivity index (χ1) is 16.9. The van der Waals surface area contributed by atoms with E-state index >= 15 is 0 Å². The molecule has 0 saturated carbocycles. The van der Waals surface area contributed by atoms with Crippen molar-refractivity contribution in [2.45, 2.75) is 106 Å². The molecule has 15 atom stereocenters. The van der Waals surface area contributed by atoms with E-state index < -0.39 is 111 Å². The summed E-state index contributed by atoms with van der Waals surface area (Å²) in [5.41, 5.74) is 0. The van der Waals surface area contributed by atoms with Gasteiger partial charge in [-0.3, -0.25) is 4.79 Å². The Kier molecular flexibility index (Phi) is 9.97. The van der Waals surface area contributed by atoms with Gasteiger partial charge in [0.05, 0.1) is 19.3 Å². The first-order valence-corrected chi connectivity index (χ1v) is 11.4. The largest absolute Gasteiger partial charge is 0.394 e. The van der Waals surface area contributed by atoms with Gasteiger partial charge in [-0.05, 0) is 6.92 Å². The van der Waals surface area contributed by atoms with E-state index in [-0.39, 0.29) is 0 Å². The van der Waals surface area contributed by atoms with Crippen molar-refractivity contribution >= 4 is 5.91 Å². The fraction of sp³-hybridized carbons (Fsp3) is 0.950. The minimum atomic E-state index is -1.86. The Labute approximate surface area is 205 Å². The average molecular weight is 529 g/mol. The van der Waals surface area contributed by atoms with Crippen molar-refractivity contribution in [3.8, 4) is 0 Å². The molecule has 10 N–H and O–H groups in total. The SMILES string of the molecule is CC(=O)N[C@@H]1[C@@H](O[C@@H]2O[C@H](CO)[C@H](O)[C@H](O)[C@H]2O)[C@H](O[C@@H]2O[C@H](C)[C@@H](O)[C@@H](O)[C@@H]2O)[C@@H](CO)O[C@@H]1O. The van der Waals surface area contributed by atoms with Crippen LogP contribution in [0.1, 0.15) is 13.8 Å². The highest BCUT2D eigenvalue weighted by atomic mass is 16.7. The molecule has 36 heavy (non-hydrogen) atoms. The molecule has 3 rings (SSSR count). The van der Waals surface area contributed by atoms with E-state index in [1.165, 1.54) is 6.92 Å². The molecule has 0 aromatic rings. The van der Waals surface area contributed by atoms with Crippen molar-refractivity contribution in [3.63, 3.8) is 0 Å². The smallest absolute Gasteiger partial charge is 0.217 e. The van der Waals surface area contributed by atoms with Crippen molar-refractivity contribution in [2.24, 2.45) is 0 Å². The van der Waals surface area contributed by atoms with Crippen LogP contribution >= 0.6 is 0 Å². The second kappa shape index (κ2) is 12.2. The fourth-order valence-corrected chi connectivity index (χ4v) is 4.40. The van der Waals surface area contributed by atoms with E-state index in [0.717, 1.165) is 6.92 Å². The van der Waals surface area contributed by atoms with E-state index in [0.29, 0.717) is 0 Å². The molecule has 3 fully saturated rings. The van der Waals surface area contributed by atoms with Gasteiger partial charge in [-0.1, -0.05) is 0 Å². The number of carbonyl (C=O) groups excluding carboxylic acids is 1. The van der Waals surface area contributed by atoms with E-state index in [2.05, 4.69) is 5.32 Å². The van der Waals surface area contributed by atoms with Gasteiger partial charge >= 0.3 is 0 Å². The van der Waals surface area contributed by atoms with Crippen molar-refractivity contribution in [1.82, 2.24) is 5.32 Å². The number of nitrogens with one attached hydrogen (secondary N) is 1. The topological polar surface area (TPSA) is 257 Å². The maximum Gasteiger partial charge on any atom is 0.217 e. The Balaban J connectivity index is 1.92. The molecule has 0 aromatic carbocycles. The van der Waals surface area contributed by atoms with Gasteiger partial charge in [-0.2, -0.15) is 0 Å². The van der Waals surface area contributed by atoms with Crippen molar-refractivity contribution in [1.29, 1.82) is 0 Å². The molecular weight excluding hydrogens is 494 g/mol. The average Bonchev–Trinajstić information content (AvgIpc) is 2.84. The molecule has 3 heterocycles. The first-order valence-electron chi connectivity index (χ1n) is 11.4. The molecule has 0 aliphatic carbocycles. The molecule has 0 aromatic heterocycles. The summed E-state index contributed by atoms with van der Waals surface area (Å²) in [6.45, 7) is 1.00. The van der Waals surface area contributed by atoms with E-state index in [9.17, 15) is 50.8 Å². The lowest BCUT2D eigenvalue weighted by Crippen LogP contribution is -2.69. The van der Waals surface area contributed by atoms with E-state index in [1.807, 2.05) is 0 Å². The van der Waals surface area contributed by atoms with Gasteiger partial charge in [-0.15, -0.1) is 0 Å². The lowest BCUT2D eigenvalue weighted by molar-refractivity contribution is -0.370. The Morgan fingerprint density at radius 3 is 1.81 bits per heavy atom. The van der Waals surface area contributed by atoms with Crippen LogP contribution < -0.4 is 5.32 Å². The Hall–Kier alpha value is -1.09. The van der Waals surface area contributed by atoms with Crippen LogP contribution in [-0.2, 0) is 28.5 Å². The second-order valence-corrected chi connectivity index (χ2v) is 9.05. The lowest BCUT2D eigenvalue weighted by atomic mass is 9.94. The summed E-state index contributed by atoms with van der Waals surface area (Å²) < 4.78 is 27.7. The van der Waals surface area contributed by atoms with Gasteiger partial charge in [0.25, 0.3) is 0 Å². The standard InChI is InChI=1S/C20H35NO15/c1-5-10(25)12(27)14(29)19(32-5)35-16-8(4-23)33-18(31)9(21-6(2)24)17(16)36-20-15(30)13(28)11(26)7(3-22)34-20/h5,7-20,22-23,25-31H,3-4H2,1-2H3,(H,21,24)/t5-,7-,8-,9-,10-,11+,12-,13+,14+,15-,16-,17-,18+,19+,20+/m1/s1. The number of carbonyl (C=O) groups is 1. The second-order valence-electron chi connectivity index (χ2n) is 9.05. The Morgan fingerprint density at radius 1 is 0.722 bits per heavy atom. The molecule has 0 spiro atoms. The van der Waals surface area contributed by atoms with Gasteiger partial charge in [0.2, 0.25) is 5.91 Å². The summed E-state index contributed by atoms with van der Waals surface area (Å²) >= 11 is 0. The summed E-state index contributed by atoms with van der Waals surface area (Å²) in [5, 5.41) is 93.2. The molecule has 1 amide bonds. The number of hydrogen-bond donors (Lipinski definition) is 10. The minimum absolute atomic E-state index is 0.646. The maximum atomic E-state index is 11.8. The van der Waals surface area contributed by atoms with Crippen LogP contribution in [0.25, 0.3) is 0 Å². The quantitative estimate of drug-likeness (QED) is 0.147. The van der Waals surface area contributed by atoms with Crippen molar-refractivity contribution < 1.29 is 74.4 Å². The summed E-state index contributed by atoms with van der Waals surface area (Å²) in [7, 11) is 0. The van der Waals surface area contributed by atoms with Crippen LogP contribution in [0.15, 0.2) is 0 Å². The normalized spacial score (nSPS) is 50.0. The molecule has 3 saturated heterocycles. The summed E-state index contributed by atoms with van der Waals surface area (Å²) in [5.74, 6) is -0.646. The Bertz CT molecular complexity index is 729. The number of aliphatic hydroxyl groups is 9. The number of aliphatic hydroxyl groups excluding tert-OH is 9. The molecule has 3 aliphatic heterocycles. The molecule has 16 nitrogen and oxygen atoms in total. The van der Waals surface area contributed by atoms with Crippen molar-refractivity contribution in [2.75, 3.05) is 13.2 Å². The van der Waals surface area contributed by atoms with Crippen LogP contribution in [-0.4, -0.2) is 157 Å². The summed E-state index contributed by atoms with van der Waals surface area (Å²) in [6.07, 6.45) is -22.0. The predicted octanol–water partition coefficient (Wildman–Crippen LogP) is -6.40. The molecule has 210 valence electrons. The van der Waals surface area contributed by atoms with Gasteiger partial charge in [-0.25, -0.2) is 0 Å². The first kappa shape index (κ1) is 29.5. The summed E-state index contributed by atoms with van der Waals surface area (Å²) in [4.78, 5) is 11.8. The van der Waals surface area contributed by atoms with Crippen molar-refractivity contribution in [3.05, 3.63) is 0 Å². The molecule has 0 unspecified atom stereocenters. The van der Waals surface area contributed by atoms with Gasteiger partial charge in [0, 0.05) is 6.92 Å². The number of hydrogen-bond acceptors (Lipinski definition) is 15. The maximum absolute atomic E-state index is 11.8. The van der Waals surface area contributed by atoms with Crippen LogP contribution in [0.4, 0.5) is 0 Å². The van der Waals surface area contributed by atoms with E-state index in [4.69, 9.17) is 23.7 Å². The Morgan fingerprint density at radius 2 is 1.25 bits per heavy atom. The highest BCUT2D eigenvalue weighted by Gasteiger charge is 2.54. The number of rotatable bonds is 7. The highest BCUT2D eigenvalue weighted by molar-refractivity contribution is 5.73. The minimum Gasteiger partial charge on any atom is -0.394 e. The molecule has 0 radical (unpaired) electrons. The molecule has 16 heteroatoms. The third-order valence-electron chi connectivity index (χ3n) is 6.45. The third-order valence-corrected chi connectivity index (χ3v) is 6.45. The highest BCUT2D eigenvalue weighted by Crippen LogP contribution is 2.32. The monoisotopic (exact) mass is 529 g/mol. The number of amides is 1. The van der Waals surface area contributed by atoms with Crippen LogP contribution in [0.2, 0.25) is 0 Å². The van der Waals surface area contributed by atoms with Crippen LogP contribution in [0, 0.1) is 0 Å². The molecular formula is C20H35NO15. The lowest BCUT2D eigenvalue weighted by Gasteiger charge is -2.49. The molecule has 0 bridgehead atoms. The van der Waals surface area contributed by atoms with Gasteiger partial charge < -0.3 is 75.0 Å².